The third-order valence-corrected chi connectivity index (χ3v) is 5.50. The van der Waals surface area contributed by atoms with E-state index >= 15 is 0 Å². The molecule has 8 heteroatoms. The van der Waals surface area contributed by atoms with E-state index < -0.39 is 17.9 Å². The van der Waals surface area contributed by atoms with Crippen LogP contribution in [0.3, 0.4) is 0 Å². The van der Waals surface area contributed by atoms with Gasteiger partial charge in [0.1, 0.15) is 6.04 Å². The predicted molar refractivity (Wildman–Crippen MR) is 131 cm³/mol. The molecule has 3 amide bonds. The number of ether oxygens (including phenoxy) is 2. The van der Waals surface area contributed by atoms with Crippen molar-refractivity contribution in [2.24, 2.45) is 11.8 Å². The summed E-state index contributed by atoms with van der Waals surface area (Å²) < 4.78 is 11.1. The highest BCUT2D eigenvalue weighted by Gasteiger charge is 2.27. The second-order valence-electron chi connectivity index (χ2n) is 8.54. The van der Waals surface area contributed by atoms with Gasteiger partial charge in [0.05, 0.1) is 13.7 Å². The second kappa shape index (κ2) is 13.2. The van der Waals surface area contributed by atoms with Crippen molar-refractivity contribution in [2.75, 3.05) is 13.7 Å². The highest BCUT2D eigenvalue weighted by molar-refractivity contribution is 5.99. The maximum atomic E-state index is 12.8. The largest absolute Gasteiger partial charge is 0.493 e. The Hall–Kier alpha value is -3.55. The molecule has 0 aromatic heterocycles. The SMILES string of the molecule is CC[C@H](C)[C@H](NC(=O)c1ccccc1)C(=O)NNC(=O)c1ccc(OCCC(C)C)c(OC)c1. The molecule has 0 aliphatic rings. The fraction of sp³-hybridized carbons (Fsp3) is 0.423. The Labute approximate surface area is 201 Å². The van der Waals surface area contributed by atoms with Gasteiger partial charge < -0.3 is 14.8 Å². The molecule has 34 heavy (non-hydrogen) atoms. The van der Waals surface area contributed by atoms with Crippen molar-refractivity contribution in [2.45, 2.75) is 46.6 Å². The first kappa shape index (κ1) is 26.7. The van der Waals surface area contributed by atoms with Crippen LogP contribution in [-0.4, -0.2) is 37.5 Å². The van der Waals surface area contributed by atoms with Crippen molar-refractivity contribution in [3.8, 4) is 11.5 Å². The monoisotopic (exact) mass is 469 g/mol. The number of carbonyl (C=O) groups is 3. The van der Waals surface area contributed by atoms with Gasteiger partial charge in [-0.1, -0.05) is 52.3 Å². The van der Waals surface area contributed by atoms with E-state index in [2.05, 4.69) is 30.0 Å². The van der Waals surface area contributed by atoms with Crippen molar-refractivity contribution < 1.29 is 23.9 Å². The van der Waals surface area contributed by atoms with Gasteiger partial charge in [0.2, 0.25) is 0 Å². The molecule has 0 unspecified atom stereocenters. The molecule has 0 aliphatic heterocycles. The summed E-state index contributed by atoms with van der Waals surface area (Å²) in [6.45, 7) is 8.55. The fourth-order valence-corrected chi connectivity index (χ4v) is 3.12. The number of hydrazine groups is 1. The quantitative estimate of drug-likeness (QED) is 0.435. The third kappa shape index (κ3) is 7.79. The Balaban J connectivity index is 2.01. The number of hydrogen-bond acceptors (Lipinski definition) is 5. The van der Waals surface area contributed by atoms with E-state index in [-0.39, 0.29) is 11.8 Å². The van der Waals surface area contributed by atoms with E-state index in [1.165, 1.54) is 7.11 Å². The van der Waals surface area contributed by atoms with Gasteiger partial charge in [-0.2, -0.15) is 0 Å². The van der Waals surface area contributed by atoms with E-state index in [0.717, 1.165) is 6.42 Å². The molecule has 0 heterocycles. The molecule has 0 radical (unpaired) electrons. The molecular weight excluding hydrogens is 434 g/mol. The van der Waals surface area contributed by atoms with Gasteiger partial charge in [0.15, 0.2) is 11.5 Å². The van der Waals surface area contributed by atoms with E-state index in [9.17, 15) is 14.4 Å². The molecule has 0 spiro atoms. The summed E-state index contributed by atoms with van der Waals surface area (Å²) >= 11 is 0. The molecule has 2 aromatic carbocycles. The van der Waals surface area contributed by atoms with Crippen LogP contribution in [0.4, 0.5) is 0 Å². The lowest BCUT2D eigenvalue weighted by Crippen LogP contribution is -2.54. The summed E-state index contributed by atoms with van der Waals surface area (Å²) in [6, 6.07) is 12.7. The Morgan fingerprint density at radius 1 is 0.882 bits per heavy atom. The molecule has 0 bridgehead atoms. The van der Waals surface area contributed by atoms with Crippen molar-refractivity contribution in [1.82, 2.24) is 16.2 Å². The number of benzene rings is 2. The summed E-state index contributed by atoms with van der Waals surface area (Å²) in [7, 11) is 1.50. The van der Waals surface area contributed by atoms with Gasteiger partial charge in [-0.15, -0.1) is 0 Å². The molecule has 2 aromatic rings. The molecular formula is C26H35N3O5. The average molecular weight is 470 g/mol. The van der Waals surface area contributed by atoms with Crippen LogP contribution in [0, 0.1) is 11.8 Å². The van der Waals surface area contributed by atoms with Crippen LogP contribution in [0.25, 0.3) is 0 Å². The Morgan fingerprint density at radius 2 is 1.59 bits per heavy atom. The van der Waals surface area contributed by atoms with Gasteiger partial charge >= 0.3 is 0 Å². The summed E-state index contributed by atoms with van der Waals surface area (Å²) in [4.78, 5) is 38.0. The van der Waals surface area contributed by atoms with Crippen LogP contribution < -0.4 is 25.6 Å². The number of nitrogens with one attached hydrogen (secondary N) is 3. The number of amides is 3. The first-order chi connectivity index (χ1) is 16.3. The molecule has 0 saturated heterocycles. The van der Waals surface area contributed by atoms with Crippen LogP contribution in [0.5, 0.6) is 11.5 Å². The lowest BCUT2D eigenvalue weighted by Gasteiger charge is -2.23. The van der Waals surface area contributed by atoms with Gasteiger partial charge in [0, 0.05) is 11.1 Å². The normalized spacial score (nSPS) is 12.4. The maximum absolute atomic E-state index is 12.8. The molecule has 2 rings (SSSR count). The van der Waals surface area contributed by atoms with Crippen molar-refractivity contribution in [3.63, 3.8) is 0 Å². The van der Waals surface area contributed by atoms with Gasteiger partial charge in [-0.25, -0.2) is 0 Å². The van der Waals surface area contributed by atoms with Gasteiger partial charge in [-0.3, -0.25) is 25.2 Å². The lowest BCUT2D eigenvalue weighted by atomic mass is 9.98. The van der Waals surface area contributed by atoms with Gasteiger partial charge in [-0.05, 0) is 48.6 Å². The Bertz CT molecular complexity index is 962. The molecule has 2 atom stereocenters. The van der Waals surface area contributed by atoms with E-state index in [4.69, 9.17) is 9.47 Å². The van der Waals surface area contributed by atoms with Crippen LogP contribution in [-0.2, 0) is 4.79 Å². The molecule has 0 saturated carbocycles. The number of carbonyl (C=O) groups excluding carboxylic acids is 3. The Morgan fingerprint density at radius 3 is 2.21 bits per heavy atom. The standard InChI is InChI=1S/C26H35N3O5/c1-6-18(4)23(27-24(30)19-10-8-7-9-11-19)26(32)29-28-25(31)20-12-13-21(22(16-20)33-5)34-15-14-17(2)3/h7-13,16-18,23H,6,14-15H2,1-5H3,(H,27,30)(H,28,31)(H,29,32)/t18-,23-/m0/s1. The van der Waals surface area contributed by atoms with Gasteiger partial charge in [0.25, 0.3) is 17.7 Å². The summed E-state index contributed by atoms with van der Waals surface area (Å²) in [5, 5.41) is 2.76. The molecule has 3 N–H and O–H groups in total. The number of methoxy groups -OCH3 is 1. The minimum absolute atomic E-state index is 0.146. The zero-order valence-electron chi connectivity index (χ0n) is 20.5. The van der Waals surface area contributed by atoms with E-state index in [0.29, 0.717) is 41.6 Å². The zero-order valence-corrected chi connectivity index (χ0v) is 20.5. The van der Waals surface area contributed by atoms with Crippen LogP contribution in [0.15, 0.2) is 48.5 Å². The van der Waals surface area contributed by atoms with Crippen molar-refractivity contribution >= 4 is 17.7 Å². The highest BCUT2D eigenvalue weighted by Crippen LogP contribution is 2.28. The first-order valence-corrected chi connectivity index (χ1v) is 11.5. The second-order valence-corrected chi connectivity index (χ2v) is 8.54. The summed E-state index contributed by atoms with van der Waals surface area (Å²) in [5.41, 5.74) is 5.59. The summed E-state index contributed by atoms with van der Waals surface area (Å²) in [6.07, 6.45) is 1.56. The fourth-order valence-electron chi connectivity index (χ4n) is 3.12. The maximum Gasteiger partial charge on any atom is 0.269 e. The first-order valence-electron chi connectivity index (χ1n) is 11.5. The average Bonchev–Trinajstić information content (AvgIpc) is 2.85. The number of rotatable bonds is 11. The minimum atomic E-state index is -0.815. The van der Waals surface area contributed by atoms with Crippen molar-refractivity contribution in [3.05, 3.63) is 59.7 Å². The Kier molecular flexibility index (Phi) is 10.4. The third-order valence-electron chi connectivity index (χ3n) is 5.50. The topological polar surface area (TPSA) is 106 Å². The molecule has 0 fully saturated rings. The highest BCUT2D eigenvalue weighted by atomic mass is 16.5. The predicted octanol–water partition coefficient (Wildman–Crippen LogP) is 3.73. The van der Waals surface area contributed by atoms with Crippen LogP contribution >= 0.6 is 0 Å². The van der Waals surface area contributed by atoms with Crippen molar-refractivity contribution in [1.29, 1.82) is 0 Å². The van der Waals surface area contributed by atoms with Crippen LogP contribution in [0.1, 0.15) is 61.3 Å². The smallest absolute Gasteiger partial charge is 0.269 e. The van der Waals surface area contributed by atoms with Crippen LogP contribution in [0.2, 0.25) is 0 Å². The number of hydrogen-bond donors (Lipinski definition) is 3. The lowest BCUT2D eigenvalue weighted by molar-refractivity contribution is -0.124. The molecule has 8 nitrogen and oxygen atoms in total. The zero-order chi connectivity index (χ0) is 25.1. The summed E-state index contributed by atoms with van der Waals surface area (Å²) in [5.74, 6) is -0.0433. The van der Waals surface area contributed by atoms with E-state index in [1.807, 2.05) is 19.9 Å². The van der Waals surface area contributed by atoms with E-state index in [1.54, 1.807) is 42.5 Å². The molecule has 184 valence electrons. The minimum Gasteiger partial charge on any atom is -0.493 e. The molecule has 0 aliphatic carbocycles.